The second kappa shape index (κ2) is 10.2. The van der Waals surface area contributed by atoms with Gasteiger partial charge in [0.2, 0.25) is 11.9 Å². The van der Waals surface area contributed by atoms with Gasteiger partial charge in [0.1, 0.15) is 4.70 Å². The van der Waals surface area contributed by atoms with E-state index in [2.05, 4.69) is 22.4 Å². The number of piperidine rings is 1. The molecule has 0 aliphatic carbocycles. The smallest absolute Gasteiger partial charge is 0.270 e. The average Bonchev–Trinajstić information content (AvgIpc) is 3.32. The first kappa shape index (κ1) is 22.3. The van der Waals surface area contributed by atoms with Crippen LogP contribution in [0.5, 0.6) is 0 Å². The maximum absolute atomic E-state index is 12.8. The van der Waals surface area contributed by atoms with Gasteiger partial charge in [0.15, 0.2) is 0 Å². The molecule has 1 atom stereocenters. The van der Waals surface area contributed by atoms with Crippen LogP contribution in [0.4, 0.5) is 5.95 Å². The van der Waals surface area contributed by atoms with Crippen LogP contribution in [-0.4, -0.2) is 35.5 Å². The van der Waals surface area contributed by atoms with Gasteiger partial charge in [0, 0.05) is 30.6 Å². The van der Waals surface area contributed by atoms with Crippen molar-refractivity contribution in [2.45, 2.75) is 25.7 Å². The SMILES string of the molecule is O=C(NCCCc1ccccc1)[C@H]1CCCN(c2nc3c(-c4ccccc4)csc3c(=O)[nH]2)C1. The topological polar surface area (TPSA) is 78.1 Å². The van der Waals surface area contributed by atoms with E-state index in [-0.39, 0.29) is 17.4 Å². The number of rotatable bonds is 7. The van der Waals surface area contributed by atoms with E-state index in [1.165, 1.54) is 16.9 Å². The molecule has 5 rings (SSSR count). The van der Waals surface area contributed by atoms with Crippen molar-refractivity contribution in [2.75, 3.05) is 24.5 Å². The number of fused-ring (bicyclic) bond motifs is 1. The first-order valence-electron chi connectivity index (χ1n) is 11.8. The number of hydrogen-bond acceptors (Lipinski definition) is 5. The summed E-state index contributed by atoms with van der Waals surface area (Å²) in [5.41, 5.74) is 3.90. The number of anilines is 1. The molecular weight excluding hydrogens is 444 g/mol. The zero-order valence-electron chi connectivity index (χ0n) is 19.0. The largest absolute Gasteiger partial charge is 0.356 e. The van der Waals surface area contributed by atoms with Crippen molar-refractivity contribution >= 4 is 33.4 Å². The van der Waals surface area contributed by atoms with Gasteiger partial charge in [-0.1, -0.05) is 60.7 Å². The Bertz CT molecular complexity index is 1320. The number of thiophene rings is 1. The lowest BCUT2D eigenvalue weighted by Crippen LogP contribution is -2.44. The minimum Gasteiger partial charge on any atom is -0.356 e. The van der Waals surface area contributed by atoms with Gasteiger partial charge in [-0.3, -0.25) is 14.6 Å². The van der Waals surface area contributed by atoms with Gasteiger partial charge in [-0.2, -0.15) is 0 Å². The lowest BCUT2D eigenvalue weighted by atomic mass is 9.97. The molecule has 1 amide bonds. The summed E-state index contributed by atoms with van der Waals surface area (Å²) in [5.74, 6) is 0.527. The number of aromatic nitrogens is 2. The van der Waals surface area contributed by atoms with Crippen LogP contribution in [-0.2, 0) is 11.2 Å². The molecule has 1 aliphatic rings. The molecular formula is C27H28N4O2S. The Kier molecular flexibility index (Phi) is 6.72. The number of nitrogens with one attached hydrogen (secondary N) is 2. The second-order valence-corrected chi connectivity index (χ2v) is 9.63. The molecule has 1 aliphatic heterocycles. The van der Waals surface area contributed by atoms with Crippen molar-refractivity contribution in [2.24, 2.45) is 5.92 Å². The monoisotopic (exact) mass is 472 g/mol. The van der Waals surface area contributed by atoms with E-state index in [1.807, 2.05) is 58.8 Å². The van der Waals surface area contributed by atoms with Gasteiger partial charge < -0.3 is 10.2 Å². The number of carbonyl (C=O) groups excluding carboxylic acids is 1. The number of H-pyrrole nitrogens is 1. The third kappa shape index (κ3) is 4.89. The quantitative estimate of drug-likeness (QED) is 0.385. The van der Waals surface area contributed by atoms with Crippen molar-refractivity contribution < 1.29 is 4.79 Å². The fourth-order valence-electron chi connectivity index (χ4n) is 4.56. The summed E-state index contributed by atoms with van der Waals surface area (Å²) < 4.78 is 0.632. The van der Waals surface area contributed by atoms with Crippen LogP contribution in [0.1, 0.15) is 24.8 Å². The predicted octanol–water partition coefficient (Wildman–Crippen LogP) is 4.62. The Hall–Kier alpha value is -3.45. The molecule has 2 aromatic carbocycles. The highest BCUT2D eigenvalue weighted by atomic mass is 32.1. The minimum atomic E-state index is -0.125. The van der Waals surface area contributed by atoms with Crippen molar-refractivity contribution in [3.63, 3.8) is 0 Å². The molecule has 3 heterocycles. The van der Waals surface area contributed by atoms with E-state index >= 15 is 0 Å². The first-order chi connectivity index (χ1) is 16.7. The Labute approximate surface area is 202 Å². The molecule has 1 fully saturated rings. The molecule has 0 radical (unpaired) electrons. The third-order valence-corrected chi connectivity index (χ3v) is 7.34. The Morgan fingerprint density at radius 1 is 1.12 bits per heavy atom. The summed E-state index contributed by atoms with van der Waals surface area (Å²) in [5, 5.41) is 5.10. The lowest BCUT2D eigenvalue weighted by Gasteiger charge is -2.32. The molecule has 0 saturated carbocycles. The maximum Gasteiger partial charge on any atom is 0.270 e. The van der Waals surface area contributed by atoms with E-state index in [9.17, 15) is 9.59 Å². The van der Waals surface area contributed by atoms with E-state index in [0.29, 0.717) is 23.7 Å². The van der Waals surface area contributed by atoms with E-state index in [4.69, 9.17) is 4.98 Å². The van der Waals surface area contributed by atoms with Crippen LogP contribution in [0.2, 0.25) is 0 Å². The van der Waals surface area contributed by atoms with Gasteiger partial charge >= 0.3 is 0 Å². The Morgan fingerprint density at radius 2 is 1.88 bits per heavy atom. The van der Waals surface area contributed by atoms with Crippen LogP contribution in [0.3, 0.4) is 0 Å². The van der Waals surface area contributed by atoms with E-state index in [0.717, 1.165) is 48.9 Å². The Morgan fingerprint density at radius 3 is 2.68 bits per heavy atom. The fourth-order valence-corrected chi connectivity index (χ4v) is 5.47. The van der Waals surface area contributed by atoms with Crippen molar-refractivity contribution in [3.05, 3.63) is 82.0 Å². The van der Waals surface area contributed by atoms with Gasteiger partial charge in [-0.15, -0.1) is 11.3 Å². The van der Waals surface area contributed by atoms with Crippen molar-refractivity contribution in [3.8, 4) is 11.1 Å². The number of aryl methyl sites for hydroxylation is 1. The third-order valence-electron chi connectivity index (χ3n) is 6.37. The number of benzene rings is 2. The number of aromatic amines is 1. The summed E-state index contributed by atoms with van der Waals surface area (Å²) in [6.07, 6.45) is 3.60. The highest BCUT2D eigenvalue weighted by molar-refractivity contribution is 7.17. The Balaban J connectivity index is 1.26. The number of nitrogens with zero attached hydrogens (tertiary/aromatic N) is 2. The van der Waals surface area contributed by atoms with Gasteiger partial charge in [-0.25, -0.2) is 4.98 Å². The lowest BCUT2D eigenvalue weighted by molar-refractivity contribution is -0.125. The molecule has 2 aromatic heterocycles. The normalized spacial score (nSPS) is 16.0. The first-order valence-corrected chi connectivity index (χ1v) is 12.7. The second-order valence-electron chi connectivity index (χ2n) is 8.75. The van der Waals surface area contributed by atoms with Crippen molar-refractivity contribution in [1.29, 1.82) is 0 Å². The molecule has 2 N–H and O–H groups in total. The van der Waals surface area contributed by atoms with Gasteiger partial charge in [-0.05, 0) is 36.8 Å². The van der Waals surface area contributed by atoms with Crippen molar-refractivity contribution in [1.82, 2.24) is 15.3 Å². The van der Waals surface area contributed by atoms with Crippen LogP contribution < -0.4 is 15.8 Å². The summed E-state index contributed by atoms with van der Waals surface area (Å²) in [7, 11) is 0. The van der Waals surface area contributed by atoms with Crippen LogP contribution >= 0.6 is 11.3 Å². The molecule has 7 heteroatoms. The molecule has 0 bridgehead atoms. The average molecular weight is 473 g/mol. The van der Waals surface area contributed by atoms with E-state index in [1.54, 1.807) is 0 Å². The molecule has 34 heavy (non-hydrogen) atoms. The molecule has 4 aromatic rings. The van der Waals surface area contributed by atoms with Crippen LogP contribution in [0, 0.1) is 5.92 Å². The molecule has 0 unspecified atom stereocenters. The zero-order chi connectivity index (χ0) is 23.3. The predicted molar refractivity (Wildman–Crippen MR) is 138 cm³/mol. The zero-order valence-corrected chi connectivity index (χ0v) is 19.8. The molecule has 6 nitrogen and oxygen atoms in total. The summed E-state index contributed by atoms with van der Waals surface area (Å²) in [6.45, 7) is 2.00. The maximum atomic E-state index is 12.8. The number of carbonyl (C=O) groups is 1. The summed E-state index contributed by atoms with van der Waals surface area (Å²) in [4.78, 5) is 35.5. The van der Waals surface area contributed by atoms with E-state index < -0.39 is 0 Å². The van der Waals surface area contributed by atoms with Crippen LogP contribution in [0.25, 0.3) is 21.3 Å². The van der Waals surface area contributed by atoms with Gasteiger partial charge in [0.25, 0.3) is 5.56 Å². The summed E-state index contributed by atoms with van der Waals surface area (Å²) in [6, 6.07) is 20.3. The standard InChI is InChI=1S/C27H28N4O2S/c32-25(28-15-7-11-19-9-3-1-4-10-19)21-14-8-16-31(17-21)27-29-23-22(20-12-5-2-6-13-20)18-34-24(23)26(33)30-27/h1-6,9-10,12-13,18,21H,7-8,11,14-17H2,(H,28,32)(H,29,30,33)/t21-/m0/s1. The molecule has 1 saturated heterocycles. The highest BCUT2D eigenvalue weighted by Crippen LogP contribution is 2.32. The highest BCUT2D eigenvalue weighted by Gasteiger charge is 2.27. The molecule has 0 spiro atoms. The van der Waals surface area contributed by atoms with Gasteiger partial charge in [0.05, 0.1) is 11.4 Å². The molecule has 174 valence electrons. The van der Waals surface area contributed by atoms with Crippen LogP contribution in [0.15, 0.2) is 70.8 Å². The number of amides is 1. The summed E-state index contributed by atoms with van der Waals surface area (Å²) >= 11 is 1.42. The minimum absolute atomic E-state index is 0.0849. The number of hydrogen-bond donors (Lipinski definition) is 2. The fraction of sp³-hybridized carbons (Fsp3) is 0.296.